The predicted octanol–water partition coefficient (Wildman–Crippen LogP) is 3.95. The number of aliphatic hydroxyl groups is 1. The lowest BCUT2D eigenvalue weighted by Gasteiger charge is -2.20. The van der Waals surface area contributed by atoms with Gasteiger partial charge in [-0.05, 0) is 42.0 Å². The molecule has 3 nitrogen and oxygen atoms in total. The molecule has 1 amide bonds. The van der Waals surface area contributed by atoms with Crippen molar-refractivity contribution in [2.75, 3.05) is 6.61 Å². The van der Waals surface area contributed by atoms with Gasteiger partial charge in [-0.1, -0.05) is 49.4 Å². The highest BCUT2D eigenvalue weighted by Gasteiger charge is 2.17. The summed E-state index contributed by atoms with van der Waals surface area (Å²) in [6, 6.07) is 15.9. The van der Waals surface area contributed by atoms with Crippen LogP contribution in [0.2, 0.25) is 0 Å². The minimum absolute atomic E-state index is 0.0138. The Hall–Kier alpha value is -2.20. The molecule has 0 aromatic heterocycles. The van der Waals surface area contributed by atoms with Gasteiger partial charge in [-0.3, -0.25) is 4.79 Å². The van der Waals surface area contributed by atoms with E-state index in [1.165, 1.54) is 12.1 Å². The first kappa shape index (κ1) is 18.1. The first-order chi connectivity index (χ1) is 11.6. The Kier molecular flexibility index (Phi) is 6.94. The Morgan fingerprint density at radius 2 is 1.75 bits per heavy atom. The molecular weight excluding hydrogens is 305 g/mol. The Morgan fingerprint density at radius 3 is 2.38 bits per heavy atom. The summed E-state index contributed by atoms with van der Waals surface area (Å²) >= 11 is 0. The number of carbonyl (C=O) groups is 1. The molecule has 2 rings (SSSR count). The summed E-state index contributed by atoms with van der Waals surface area (Å²) in [5, 5.41) is 12.1. The molecule has 128 valence electrons. The van der Waals surface area contributed by atoms with Crippen molar-refractivity contribution in [3.8, 4) is 0 Å². The maximum absolute atomic E-state index is 13.0. The predicted molar refractivity (Wildman–Crippen MR) is 93.1 cm³/mol. The van der Waals surface area contributed by atoms with E-state index in [4.69, 9.17) is 5.11 Å². The van der Waals surface area contributed by atoms with E-state index in [9.17, 15) is 9.18 Å². The number of nitrogens with one attached hydrogen (secondary N) is 1. The van der Waals surface area contributed by atoms with Crippen molar-refractivity contribution in [2.45, 2.75) is 38.1 Å². The van der Waals surface area contributed by atoms with E-state index in [0.29, 0.717) is 19.3 Å². The Morgan fingerprint density at radius 1 is 1.08 bits per heavy atom. The highest BCUT2D eigenvalue weighted by atomic mass is 19.1. The fraction of sp³-hybridized carbons (Fsp3) is 0.350. The van der Waals surface area contributed by atoms with Crippen LogP contribution in [0.5, 0.6) is 0 Å². The largest absolute Gasteiger partial charge is 0.396 e. The highest BCUT2D eigenvalue weighted by molar-refractivity contribution is 5.77. The summed E-state index contributed by atoms with van der Waals surface area (Å²) in [7, 11) is 0. The van der Waals surface area contributed by atoms with Gasteiger partial charge >= 0.3 is 0 Å². The molecule has 0 bridgehead atoms. The van der Waals surface area contributed by atoms with Crippen molar-refractivity contribution in [1.29, 1.82) is 0 Å². The molecule has 2 aromatic rings. The second-order valence-electron chi connectivity index (χ2n) is 6.05. The minimum atomic E-state index is -0.274. The lowest BCUT2D eigenvalue weighted by Crippen LogP contribution is -2.29. The molecule has 2 N–H and O–H groups in total. The summed E-state index contributed by atoms with van der Waals surface area (Å²) in [5.41, 5.74) is 1.98. The van der Waals surface area contributed by atoms with Crippen LogP contribution in [0.15, 0.2) is 54.6 Å². The standard InChI is InChI=1S/C20H24FNO2/c1-15(16-9-11-18(21)12-10-16)14-20(24)22-19(8-5-13-23)17-6-3-2-4-7-17/h2-4,6-7,9-12,15,19,23H,5,8,13-14H2,1H3,(H,22,24). The van der Waals surface area contributed by atoms with Crippen LogP contribution in [-0.4, -0.2) is 17.6 Å². The van der Waals surface area contributed by atoms with Gasteiger partial charge in [0, 0.05) is 13.0 Å². The molecule has 0 saturated heterocycles. The van der Waals surface area contributed by atoms with Crippen molar-refractivity contribution in [3.63, 3.8) is 0 Å². The monoisotopic (exact) mass is 329 g/mol. The summed E-state index contributed by atoms with van der Waals surface area (Å²) in [4.78, 5) is 12.4. The third-order valence-corrected chi connectivity index (χ3v) is 4.12. The first-order valence-electron chi connectivity index (χ1n) is 8.30. The molecule has 4 heteroatoms. The normalized spacial score (nSPS) is 13.3. The number of rotatable bonds is 8. The molecule has 0 aliphatic carbocycles. The van der Waals surface area contributed by atoms with Gasteiger partial charge < -0.3 is 10.4 Å². The summed E-state index contributed by atoms with van der Waals surface area (Å²) in [5.74, 6) is -0.304. The van der Waals surface area contributed by atoms with E-state index in [1.807, 2.05) is 37.3 Å². The number of amides is 1. The van der Waals surface area contributed by atoms with Gasteiger partial charge in [0.2, 0.25) is 5.91 Å². The second kappa shape index (κ2) is 9.18. The third kappa shape index (κ3) is 5.46. The van der Waals surface area contributed by atoms with Crippen LogP contribution in [0.3, 0.4) is 0 Å². The zero-order valence-electron chi connectivity index (χ0n) is 13.9. The van der Waals surface area contributed by atoms with Crippen molar-refractivity contribution in [2.24, 2.45) is 0 Å². The Balaban J connectivity index is 1.98. The first-order valence-corrected chi connectivity index (χ1v) is 8.30. The number of benzene rings is 2. The maximum atomic E-state index is 13.0. The zero-order valence-corrected chi connectivity index (χ0v) is 13.9. The van der Waals surface area contributed by atoms with Crippen LogP contribution < -0.4 is 5.32 Å². The maximum Gasteiger partial charge on any atom is 0.221 e. The molecule has 0 spiro atoms. The lowest BCUT2D eigenvalue weighted by atomic mass is 9.96. The van der Waals surface area contributed by atoms with E-state index >= 15 is 0 Å². The van der Waals surface area contributed by atoms with Crippen LogP contribution in [-0.2, 0) is 4.79 Å². The van der Waals surface area contributed by atoms with Gasteiger partial charge in [0.15, 0.2) is 0 Å². The van der Waals surface area contributed by atoms with Crippen LogP contribution in [0.4, 0.5) is 4.39 Å². The summed E-state index contributed by atoms with van der Waals surface area (Å²) in [6.07, 6.45) is 1.67. The van der Waals surface area contributed by atoms with E-state index in [0.717, 1.165) is 11.1 Å². The number of carbonyl (C=O) groups excluding carboxylic acids is 1. The second-order valence-corrected chi connectivity index (χ2v) is 6.05. The van der Waals surface area contributed by atoms with Crippen molar-refractivity contribution in [3.05, 3.63) is 71.5 Å². The van der Waals surface area contributed by atoms with Gasteiger partial charge in [0.05, 0.1) is 6.04 Å². The molecule has 0 heterocycles. The SMILES string of the molecule is CC(CC(=O)NC(CCCO)c1ccccc1)c1ccc(F)cc1. The Bertz CT molecular complexity index is 628. The van der Waals surface area contributed by atoms with Gasteiger partial charge in [-0.2, -0.15) is 0 Å². The van der Waals surface area contributed by atoms with Crippen molar-refractivity contribution in [1.82, 2.24) is 5.32 Å². The average Bonchev–Trinajstić information content (AvgIpc) is 2.59. The highest BCUT2D eigenvalue weighted by Crippen LogP contribution is 2.22. The molecule has 2 atom stereocenters. The summed E-state index contributed by atoms with van der Waals surface area (Å²) in [6.45, 7) is 2.06. The number of aliphatic hydroxyl groups excluding tert-OH is 1. The van der Waals surface area contributed by atoms with E-state index in [2.05, 4.69) is 5.32 Å². The van der Waals surface area contributed by atoms with Crippen LogP contribution >= 0.6 is 0 Å². The van der Waals surface area contributed by atoms with E-state index < -0.39 is 0 Å². The number of halogens is 1. The molecule has 0 fully saturated rings. The Labute approximate surface area is 142 Å². The van der Waals surface area contributed by atoms with Gasteiger partial charge in [-0.15, -0.1) is 0 Å². The van der Waals surface area contributed by atoms with Gasteiger partial charge in [0.1, 0.15) is 5.82 Å². The third-order valence-electron chi connectivity index (χ3n) is 4.12. The fourth-order valence-corrected chi connectivity index (χ4v) is 2.74. The quantitative estimate of drug-likeness (QED) is 0.770. The molecule has 0 radical (unpaired) electrons. The molecular formula is C20H24FNO2. The van der Waals surface area contributed by atoms with Crippen molar-refractivity contribution < 1.29 is 14.3 Å². The molecule has 2 aromatic carbocycles. The van der Waals surface area contributed by atoms with Crippen LogP contribution in [0.1, 0.15) is 49.3 Å². The van der Waals surface area contributed by atoms with Crippen molar-refractivity contribution >= 4 is 5.91 Å². The van der Waals surface area contributed by atoms with Gasteiger partial charge in [0.25, 0.3) is 0 Å². The number of hydrogen-bond acceptors (Lipinski definition) is 2. The summed E-state index contributed by atoms with van der Waals surface area (Å²) < 4.78 is 13.0. The molecule has 0 saturated carbocycles. The molecule has 24 heavy (non-hydrogen) atoms. The van der Waals surface area contributed by atoms with Crippen LogP contribution in [0.25, 0.3) is 0 Å². The zero-order chi connectivity index (χ0) is 17.4. The van der Waals surface area contributed by atoms with Gasteiger partial charge in [-0.25, -0.2) is 4.39 Å². The number of hydrogen-bond donors (Lipinski definition) is 2. The topological polar surface area (TPSA) is 49.3 Å². The lowest BCUT2D eigenvalue weighted by molar-refractivity contribution is -0.122. The van der Waals surface area contributed by atoms with E-state index in [1.54, 1.807) is 12.1 Å². The minimum Gasteiger partial charge on any atom is -0.396 e. The average molecular weight is 329 g/mol. The smallest absolute Gasteiger partial charge is 0.221 e. The molecule has 2 unspecified atom stereocenters. The fourth-order valence-electron chi connectivity index (χ4n) is 2.74. The molecule has 0 aliphatic heterocycles. The van der Waals surface area contributed by atoms with Crippen LogP contribution in [0, 0.1) is 5.82 Å². The van der Waals surface area contributed by atoms with E-state index in [-0.39, 0.29) is 30.3 Å². The molecule has 0 aliphatic rings.